The largest absolute Gasteiger partial charge is 0.495 e. The smallest absolute Gasteiger partial charge is 0.300 e. The Bertz CT molecular complexity index is 3160. The van der Waals surface area contributed by atoms with E-state index in [4.69, 9.17) is 14.2 Å². The van der Waals surface area contributed by atoms with Gasteiger partial charge in [-0.1, -0.05) is 0 Å². The minimum atomic E-state index is -4.75. The molecule has 0 aliphatic carbocycles. The highest BCUT2D eigenvalue weighted by Crippen LogP contribution is 2.42. The summed E-state index contributed by atoms with van der Waals surface area (Å²) in [5.41, 5.74) is -5.96. The summed E-state index contributed by atoms with van der Waals surface area (Å²) in [6.07, 6.45) is 0. The average molecular weight is 959 g/mol. The summed E-state index contributed by atoms with van der Waals surface area (Å²) in [5, 5.41) is 0. The number of halogens is 8. The van der Waals surface area contributed by atoms with Crippen molar-refractivity contribution >= 4 is 35.9 Å². The normalized spacial score (nSPS) is 12.0. The SMILES string of the molecule is COc1ccc(C(=O)c2ccc(Oc3ccc(S(=O)(=O)c4ccc(Oc5c(F)c(F)c(-c6c(F)c(F)c(C)c(F)c6F)c(F)c5F)cc4)cc3)c(CS(=O)(=O)O)c2)cc1S(=O)(=O)OC. The van der Waals surface area contributed by atoms with Crippen LogP contribution in [-0.2, 0) is 40.0 Å². The Morgan fingerprint density at radius 1 is 0.562 bits per heavy atom. The van der Waals surface area contributed by atoms with E-state index in [0.29, 0.717) is 6.92 Å². The van der Waals surface area contributed by atoms with Gasteiger partial charge in [-0.15, -0.1) is 0 Å². The van der Waals surface area contributed by atoms with E-state index in [1.807, 2.05) is 0 Å². The molecule has 0 unspecified atom stereocenters. The van der Waals surface area contributed by atoms with Crippen molar-refractivity contribution in [3.8, 4) is 39.9 Å². The number of ether oxygens (including phenoxy) is 3. The van der Waals surface area contributed by atoms with E-state index in [0.717, 1.165) is 67.8 Å². The van der Waals surface area contributed by atoms with Gasteiger partial charge in [-0.2, -0.15) is 25.6 Å². The molecule has 6 rings (SSSR count). The summed E-state index contributed by atoms with van der Waals surface area (Å²) in [6.45, 7) is 0.602. The summed E-state index contributed by atoms with van der Waals surface area (Å²) in [5.74, 6) is -23.2. The van der Waals surface area contributed by atoms with Gasteiger partial charge in [0.25, 0.3) is 20.2 Å². The molecule has 12 nitrogen and oxygen atoms in total. The number of methoxy groups -OCH3 is 1. The predicted octanol–water partition coefficient (Wildman–Crippen LogP) is 9.15. The fourth-order valence-corrected chi connectivity index (χ4v) is 8.76. The zero-order valence-electron chi connectivity index (χ0n) is 32.5. The van der Waals surface area contributed by atoms with Crippen LogP contribution < -0.4 is 14.2 Å². The molecule has 0 aromatic heterocycles. The first kappa shape index (κ1) is 47.1. The van der Waals surface area contributed by atoms with Crippen molar-refractivity contribution in [2.75, 3.05) is 14.2 Å². The maximum Gasteiger partial charge on any atom is 0.300 e. The molecule has 64 heavy (non-hydrogen) atoms. The monoisotopic (exact) mass is 958 g/mol. The first-order chi connectivity index (χ1) is 29.9. The van der Waals surface area contributed by atoms with Crippen LogP contribution in [0.1, 0.15) is 27.0 Å². The minimum absolute atomic E-state index is 0.0828. The molecular formula is C41H26F8O12S3. The molecular weight excluding hydrogens is 933 g/mol. The van der Waals surface area contributed by atoms with Gasteiger partial charge in [0.15, 0.2) is 40.7 Å². The lowest BCUT2D eigenvalue weighted by molar-refractivity contribution is 0.103. The topological polar surface area (TPSA) is 177 Å². The van der Waals surface area contributed by atoms with Crippen LogP contribution in [0.25, 0.3) is 11.1 Å². The molecule has 0 saturated heterocycles. The predicted molar refractivity (Wildman–Crippen MR) is 207 cm³/mol. The van der Waals surface area contributed by atoms with Crippen molar-refractivity contribution in [1.29, 1.82) is 0 Å². The highest BCUT2D eigenvalue weighted by Gasteiger charge is 2.34. The Morgan fingerprint density at radius 3 is 1.45 bits per heavy atom. The first-order valence-corrected chi connectivity index (χ1v) is 22.0. The molecule has 0 radical (unpaired) electrons. The third-order valence-electron chi connectivity index (χ3n) is 9.25. The Hall–Kier alpha value is -6.40. The van der Waals surface area contributed by atoms with Crippen molar-refractivity contribution < 1.29 is 88.1 Å². The molecule has 1 N–H and O–H groups in total. The Balaban J connectivity index is 1.23. The number of carbonyl (C=O) groups excluding carboxylic acids is 1. The summed E-state index contributed by atoms with van der Waals surface area (Å²) in [6, 6.07) is 14.6. The van der Waals surface area contributed by atoms with Gasteiger partial charge < -0.3 is 14.2 Å². The summed E-state index contributed by atoms with van der Waals surface area (Å²) in [7, 11) is -11.4. The number of rotatable bonds is 14. The maximum atomic E-state index is 15.0. The quantitative estimate of drug-likeness (QED) is 0.0361. The van der Waals surface area contributed by atoms with Crippen LogP contribution in [0.15, 0.2) is 99.6 Å². The lowest BCUT2D eigenvalue weighted by atomic mass is 9.99. The Morgan fingerprint density at radius 2 is 1.00 bits per heavy atom. The Kier molecular flexibility index (Phi) is 13.0. The van der Waals surface area contributed by atoms with Gasteiger partial charge in [0, 0.05) is 22.3 Å². The molecule has 0 atom stereocenters. The van der Waals surface area contributed by atoms with Crippen LogP contribution in [0, 0.1) is 53.5 Å². The van der Waals surface area contributed by atoms with Crippen molar-refractivity contribution in [1.82, 2.24) is 0 Å². The number of carbonyl (C=O) groups is 1. The third kappa shape index (κ3) is 9.01. The second kappa shape index (κ2) is 17.6. The zero-order chi connectivity index (χ0) is 47.2. The number of benzene rings is 6. The Labute approximate surface area is 358 Å². The van der Waals surface area contributed by atoms with Crippen LogP contribution in [0.4, 0.5) is 35.1 Å². The highest BCUT2D eigenvalue weighted by atomic mass is 32.2. The van der Waals surface area contributed by atoms with E-state index in [-0.39, 0.29) is 38.8 Å². The van der Waals surface area contributed by atoms with Crippen LogP contribution in [0.2, 0.25) is 0 Å². The van der Waals surface area contributed by atoms with Crippen LogP contribution in [0.5, 0.6) is 28.7 Å². The fraction of sp³-hybridized carbons (Fsp3) is 0.0976. The van der Waals surface area contributed by atoms with Gasteiger partial charge in [-0.3, -0.25) is 13.5 Å². The molecule has 0 spiro atoms. The average Bonchev–Trinajstić information content (AvgIpc) is 3.26. The fourth-order valence-electron chi connectivity index (χ4n) is 6.04. The van der Waals surface area contributed by atoms with Crippen molar-refractivity contribution in [2.45, 2.75) is 27.4 Å². The van der Waals surface area contributed by atoms with Crippen LogP contribution >= 0.6 is 0 Å². The van der Waals surface area contributed by atoms with Crippen molar-refractivity contribution in [2.24, 2.45) is 0 Å². The van der Waals surface area contributed by atoms with E-state index in [1.165, 1.54) is 31.4 Å². The van der Waals surface area contributed by atoms with Gasteiger partial charge in [-0.05, 0) is 91.9 Å². The van der Waals surface area contributed by atoms with Crippen molar-refractivity contribution in [3.05, 3.63) is 154 Å². The van der Waals surface area contributed by atoms with Crippen molar-refractivity contribution in [3.63, 3.8) is 0 Å². The number of hydrogen-bond acceptors (Lipinski definition) is 11. The van der Waals surface area contributed by atoms with E-state index >= 15 is 17.6 Å². The highest BCUT2D eigenvalue weighted by molar-refractivity contribution is 7.91. The van der Waals surface area contributed by atoms with Gasteiger partial charge >= 0.3 is 0 Å². The van der Waals surface area contributed by atoms with E-state index < -0.39 is 126 Å². The van der Waals surface area contributed by atoms with E-state index in [9.17, 15) is 52.2 Å². The molecule has 0 fully saturated rings. The lowest BCUT2D eigenvalue weighted by Crippen LogP contribution is -2.09. The molecule has 0 aliphatic rings. The van der Waals surface area contributed by atoms with Crippen LogP contribution in [-0.4, -0.2) is 49.8 Å². The van der Waals surface area contributed by atoms with E-state index in [1.54, 1.807) is 0 Å². The number of ketones is 1. The second-order valence-corrected chi connectivity index (χ2v) is 18.3. The summed E-state index contributed by atoms with van der Waals surface area (Å²) < 4.78 is 223. The third-order valence-corrected chi connectivity index (χ3v) is 13.0. The molecule has 0 amide bonds. The van der Waals surface area contributed by atoms with Gasteiger partial charge in [0.2, 0.25) is 27.2 Å². The number of hydrogen-bond donors (Lipinski definition) is 1. The summed E-state index contributed by atoms with van der Waals surface area (Å²) >= 11 is 0. The molecule has 0 aliphatic heterocycles. The van der Waals surface area contributed by atoms with Gasteiger partial charge in [-0.25, -0.2) is 34.8 Å². The van der Waals surface area contributed by atoms with Gasteiger partial charge in [0.05, 0.1) is 35.1 Å². The second-order valence-electron chi connectivity index (χ2n) is 13.2. The summed E-state index contributed by atoms with van der Waals surface area (Å²) in [4.78, 5) is 12.1. The van der Waals surface area contributed by atoms with Crippen LogP contribution in [0.3, 0.4) is 0 Å². The van der Waals surface area contributed by atoms with E-state index in [2.05, 4.69) is 4.18 Å². The molecule has 6 aromatic carbocycles. The zero-order valence-corrected chi connectivity index (χ0v) is 34.9. The maximum absolute atomic E-state index is 15.0. The molecule has 0 bridgehead atoms. The number of sulfone groups is 1. The standard InChI is InChI=1S/C41H26F8O12S3/c1-19-32(42)34(44)30(35(45)33(19)43)31-36(46)38(48)41(39(49)37(31)47)61-24-8-12-26(13-9-24)63(54,55)25-10-6-23(7-11-25)60-27-14-4-20(16-22(27)18-62(51,52)53)40(50)21-5-15-28(58-2)29(17-21)64(56,57)59-3/h4-17H,18H2,1-3H3,(H,51,52,53). The molecule has 23 heteroatoms. The minimum Gasteiger partial charge on any atom is -0.495 e. The van der Waals surface area contributed by atoms with Gasteiger partial charge in [0.1, 0.15) is 33.6 Å². The molecule has 0 heterocycles. The molecule has 336 valence electrons. The lowest BCUT2D eigenvalue weighted by Gasteiger charge is -2.15. The molecule has 6 aromatic rings. The molecule has 0 saturated carbocycles. The first-order valence-electron chi connectivity index (χ1n) is 17.5.